The van der Waals surface area contributed by atoms with E-state index in [0.717, 1.165) is 64.6 Å². The summed E-state index contributed by atoms with van der Waals surface area (Å²) in [5, 5.41) is 0. The van der Waals surface area contributed by atoms with Gasteiger partial charge in [-0.15, -0.1) is 0 Å². The molecule has 2 heterocycles. The van der Waals surface area contributed by atoms with Gasteiger partial charge in [0.15, 0.2) is 16.6 Å². The van der Waals surface area contributed by atoms with E-state index in [1.54, 1.807) is 0 Å². The SMILES string of the molecule is C.C.C[Si](C)(CCCOCC1CO1)O[Si](C)(C)O[Si](C)(C)CCCOCC1CO1. The van der Waals surface area contributed by atoms with Crippen molar-refractivity contribution in [2.45, 2.75) is 91.3 Å². The first-order valence-corrected chi connectivity index (χ1v) is 19.4. The molecule has 29 heavy (non-hydrogen) atoms. The molecule has 2 aliphatic rings. The summed E-state index contributed by atoms with van der Waals surface area (Å²) in [5.74, 6) is 0. The molecule has 0 aliphatic carbocycles. The van der Waals surface area contributed by atoms with Crippen molar-refractivity contribution < 1.29 is 27.2 Å². The van der Waals surface area contributed by atoms with E-state index in [-0.39, 0.29) is 14.9 Å². The lowest BCUT2D eigenvalue weighted by atomic mass is 10.5. The summed E-state index contributed by atoms with van der Waals surface area (Å²) in [7, 11) is -5.61. The van der Waals surface area contributed by atoms with E-state index in [4.69, 9.17) is 27.2 Å². The standard InChI is InChI=1S/C18H40O6Si3.2CH4/c1-25(2,11-7-9-19-13-17-15-21-17)23-27(5,6)24-26(3,4)12-8-10-20-14-18-16-22-18;;/h17-18H,7-16H2,1-6H3;2*1H4. The van der Waals surface area contributed by atoms with Crippen LogP contribution in [-0.2, 0) is 27.2 Å². The summed E-state index contributed by atoms with van der Waals surface area (Å²) in [6, 6.07) is 2.22. The Bertz CT molecular complexity index is 402. The second kappa shape index (κ2) is 13.1. The predicted octanol–water partition coefficient (Wildman–Crippen LogP) is 5.01. The van der Waals surface area contributed by atoms with E-state index in [9.17, 15) is 0 Å². The van der Waals surface area contributed by atoms with Gasteiger partial charge in [0.05, 0.1) is 26.4 Å². The van der Waals surface area contributed by atoms with Gasteiger partial charge in [-0.3, -0.25) is 0 Å². The van der Waals surface area contributed by atoms with Gasteiger partial charge in [-0.05, 0) is 64.2 Å². The molecule has 2 fully saturated rings. The van der Waals surface area contributed by atoms with E-state index in [0.29, 0.717) is 12.2 Å². The molecule has 176 valence electrons. The fraction of sp³-hybridized carbons (Fsp3) is 1.00. The average Bonchev–Trinajstić information content (AvgIpc) is 3.39. The first-order valence-electron chi connectivity index (χ1n) is 10.4. The number of ether oxygens (including phenoxy) is 4. The van der Waals surface area contributed by atoms with Crippen molar-refractivity contribution in [2.75, 3.05) is 39.6 Å². The molecule has 0 radical (unpaired) electrons. The van der Waals surface area contributed by atoms with Gasteiger partial charge in [-0.2, -0.15) is 0 Å². The molecule has 2 unspecified atom stereocenters. The highest BCUT2D eigenvalue weighted by atomic mass is 28.5. The van der Waals surface area contributed by atoms with E-state index in [2.05, 4.69) is 39.3 Å². The second-order valence-corrected chi connectivity index (χ2v) is 21.9. The molecule has 2 rings (SSSR count). The first-order chi connectivity index (χ1) is 12.6. The molecule has 0 aromatic rings. The molecule has 0 saturated carbocycles. The molecule has 0 bridgehead atoms. The van der Waals surface area contributed by atoms with Crippen LogP contribution in [0.4, 0.5) is 0 Å². The van der Waals surface area contributed by atoms with Crippen LogP contribution in [0.1, 0.15) is 27.7 Å². The minimum absolute atomic E-state index is 0. The maximum absolute atomic E-state index is 6.63. The lowest BCUT2D eigenvalue weighted by Crippen LogP contribution is -2.52. The van der Waals surface area contributed by atoms with Crippen molar-refractivity contribution >= 4 is 25.2 Å². The second-order valence-electron chi connectivity index (χ2n) is 9.39. The van der Waals surface area contributed by atoms with Crippen molar-refractivity contribution in [1.82, 2.24) is 0 Å². The number of epoxide rings is 2. The molecule has 0 aromatic carbocycles. The normalized spacial score (nSPS) is 21.3. The van der Waals surface area contributed by atoms with Crippen LogP contribution < -0.4 is 0 Å². The molecule has 2 atom stereocenters. The topological polar surface area (TPSA) is 62.0 Å². The number of hydrogen-bond donors (Lipinski definition) is 0. The van der Waals surface area contributed by atoms with Gasteiger partial charge < -0.3 is 27.2 Å². The monoisotopic (exact) mass is 468 g/mol. The Morgan fingerprint density at radius 2 is 1.03 bits per heavy atom. The zero-order valence-corrected chi connectivity index (χ0v) is 21.2. The Morgan fingerprint density at radius 1 is 0.690 bits per heavy atom. The Hall–Kier alpha value is 0.411. The molecule has 0 N–H and O–H groups in total. The van der Waals surface area contributed by atoms with Gasteiger partial charge in [-0.1, -0.05) is 14.9 Å². The van der Waals surface area contributed by atoms with Crippen molar-refractivity contribution in [2.24, 2.45) is 0 Å². The number of rotatable bonds is 16. The lowest BCUT2D eigenvalue weighted by molar-refractivity contribution is 0.116. The third-order valence-electron chi connectivity index (χ3n) is 4.59. The Morgan fingerprint density at radius 3 is 1.34 bits per heavy atom. The maximum Gasteiger partial charge on any atom is 0.311 e. The molecule has 0 amide bonds. The van der Waals surface area contributed by atoms with Gasteiger partial charge in [0.2, 0.25) is 0 Å². The highest BCUT2D eigenvalue weighted by Gasteiger charge is 2.39. The van der Waals surface area contributed by atoms with Crippen LogP contribution in [0.2, 0.25) is 51.4 Å². The number of hydrogen-bond acceptors (Lipinski definition) is 6. The van der Waals surface area contributed by atoms with Crippen LogP contribution >= 0.6 is 0 Å². The lowest BCUT2D eigenvalue weighted by Gasteiger charge is -2.38. The van der Waals surface area contributed by atoms with Crippen LogP contribution in [0.15, 0.2) is 0 Å². The largest absolute Gasteiger partial charge is 0.437 e. The smallest absolute Gasteiger partial charge is 0.311 e. The Labute approximate surface area is 183 Å². The van der Waals surface area contributed by atoms with Gasteiger partial charge in [0, 0.05) is 13.2 Å². The molecule has 0 spiro atoms. The fourth-order valence-corrected chi connectivity index (χ4v) is 17.4. The quantitative estimate of drug-likeness (QED) is 0.180. The van der Waals surface area contributed by atoms with Gasteiger partial charge in [0.1, 0.15) is 12.2 Å². The summed E-state index contributed by atoms with van der Waals surface area (Å²) >= 11 is 0. The van der Waals surface area contributed by atoms with Crippen molar-refractivity contribution in [3.05, 3.63) is 0 Å². The van der Waals surface area contributed by atoms with E-state index >= 15 is 0 Å². The van der Waals surface area contributed by atoms with Crippen LogP contribution in [0.5, 0.6) is 0 Å². The summed E-state index contributed by atoms with van der Waals surface area (Å²) in [6.07, 6.45) is 2.82. The van der Waals surface area contributed by atoms with Crippen LogP contribution in [0.3, 0.4) is 0 Å². The minimum atomic E-state index is -2.13. The van der Waals surface area contributed by atoms with E-state index in [1.807, 2.05) is 0 Å². The summed E-state index contributed by atoms with van der Waals surface area (Å²) in [6.45, 7) is 18.4. The van der Waals surface area contributed by atoms with Crippen LogP contribution in [-0.4, -0.2) is 77.0 Å². The van der Waals surface area contributed by atoms with Gasteiger partial charge in [-0.25, -0.2) is 0 Å². The Balaban J connectivity index is 0.00000392. The van der Waals surface area contributed by atoms with Crippen LogP contribution in [0.25, 0.3) is 0 Å². The molecule has 2 aliphatic heterocycles. The van der Waals surface area contributed by atoms with Crippen molar-refractivity contribution in [3.8, 4) is 0 Å². The van der Waals surface area contributed by atoms with Crippen LogP contribution in [0, 0.1) is 0 Å². The molecule has 2 saturated heterocycles. The maximum atomic E-state index is 6.63. The zero-order chi connectivity index (χ0) is 20.0. The minimum Gasteiger partial charge on any atom is -0.437 e. The van der Waals surface area contributed by atoms with E-state index in [1.165, 1.54) is 0 Å². The first kappa shape index (κ1) is 29.4. The average molecular weight is 469 g/mol. The van der Waals surface area contributed by atoms with Gasteiger partial charge >= 0.3 is 8.56 Å². The summed E-state index contributed by atoms with van der Waals surface area (Å²) in [5.41, 5.74) is 0. The molecule has 0 aromatic heterocycles. The third-order valence-corrected chi connectivity index (χ3v) is 16.1. The van der Waals surface area contributed by atoms with Gasteiger partial charge in [0.25, 0.3) is 0 Å². The molecular formula is C20H48O6Si3. The highest BCUT2D eigenvalue weighted by molar-refractivity contribution is 6.87. The van der Waals surface area contributed by atoms with Crippen molar-refractivity contribution in [1.29, 1.82) is 0 Å². The molecule has 6 nitrogen and oxygen atoms in total. The summed E-state index contributed by atoms with van der Waals surface area (Å²) < 4.78 is 34.9. The van der Waals surface area contributed by atoms with Crippen molar-refractivity contribution in [3.63, 3.8) is 0 Å². The van der Waals surface area contributed by atoms with E-state index < -0.39 is 25.2 Å². The summed E-state index contributed by atoms with van der Waals surface area (Å²) in [4.78, 5) is 0. The molecular weight excluding hydrogens is 420 g/mol. The predicted molar refractivity (Wildman–Crippen MR) is 128 cm³/mol. The molecule has 9 heteroatoms. The Kier molecular flexibility index (Phi) is 13.3. The highest BCUT2D eigenvalue weighted by Crippen LogP contribution is 2.26. The zero-order valence-electron chi connectivity index (χ0n) is 18.2. The fourth-order valence-electron chi connectivity index (χ4n) is 3.41. The third kappa shape index (κ3) is 14.9.